The van der Waals surface area contributed by atoms with Crippen LogP contribution >= 0.6 is 0 Å². The van der Waals surface area contributed by atoms with Gasteiger partial charge in [-0.25, -0.2) is 9.59 Å². The second-order valence-corrected chi connectivity index (χ2v) is 25.4. The maximum absolute atomic E-state index is 13.6. The lowest BCUT2D eigenvalue weighted by Gasteiger charge is -2.33. The van der Waals surface area contributed by atoms with Crippen LogP contribution in [0.4, 0.5) is 0 Å². The first-order valence-electron chi connectivity index (χ1n) is 36.2. The van der Waals surface area contributed by atoms with Gasteiger partial charge in [-0.1, -0.05) is 161 Å². The number of fused-ring (bicyclic) bond motifs is 6. The van der Waals surface area contributed by atoms with Crippen molar-refractivity contribution < 1.29 is 19.1 Å². The van der Waals surface area contributed by atoms with Gasteiger partial charge in [0.25, 0.3) is 0 Å². The highest BCUT2D eigenvalue weighted by atomic mass is 16.5. The average molecular weight is 1210 g/mol. The van der Waals surface area contributed by atoms with Crippen molar-refractivity contribution in [1.29, 1.82) is 0 Å². The van der Waals surface area contributed by atoms with E-state index in [0.717, 1.165) is 178 Å². The Bertz CT molecular complexity index is 3620. The van der Waals surface area contributed by atoms with E-state index in [1.165, 1.54) is 124 Å². The average Bonchev–Trinajstić information content (AvgIpc) is 0.730. The molecule has 0 saturated heterocycles. The number of benzene rings is 7. The molecule has 1 aliphatic rings. The fourth-order valence-corrected chi connectivity index (χ4v) is 16.5. The third kappa shape index (κ3) is 13.9. The molecule has 0 radical (unpaired) electrons. The molecule has 4 heteroatoms. The highest BCUT2D eigenvalue weighted by molar-refractivity contribution is 6.09. The van der Waals surface area contributed by atoms with Crippen LogP contribution in [0.2, 0.25) is 0 Å². The van der Waals surface area contributed by atoms with E-state index >= 15 is 0 Å². The Morgan fingerprint density at radius 1 is 0.289 bits per heavy atom. The monoisotopic (exact) mass is 1210 g/mol. The number of ether oxygens (including phenoxy) is 2. The summed E-state index contributed by atoms with van der Waals surface area (Å²) in [4.78, 5) is 27.3. The number of carbonyl (C=O) groups is 2. The van der Waals surface area contributed by atoms with Crippen molar-refractivity contribution in [2.24, 2.45) is 0 Å². The van der Waals surface area contributed by atoms with Gasteiger partial charge in [0.15, 0.2) is 0 Å². The molecule has 90 heavy (non-hydrogen) atoms. The zero-order valence-electron chi connectivity index (χ0n) is 59.7. The van der Waals surface area contributed by atoms with Crippen LogP contribution in [-0.4, -0.2) is 26.2 Å². The first-order chi connectivity index (χ1) is 43.8. The molecular weight excluding hydrogens is 1100 g/mol. The predicted molar refractivity (Wildman–Crippen MR) is 389 cm³/mol. The minimum absolute atomic E-state index is 0.419. The molecule has 0 N–H and O–H groups in total. The SMILES string of the molecule is CCCC#CCc1c(CC#CCCC)c(CCC)c2cc3c(CC)c(CC)c(CC)c(CC)c3cc2c1CCC.CCCc1c2c(c(CCC)c(C(=O)OC)c1C(=O)OC)Cc1c(c(CCC)c3cc4c(CC)c(CC)c(CC)c(CC)c4cc3c1CCC)C2. The Labute approximate surface area is 546 Å². The maximum Gasteiger partial charge on any atom is 0.339 e. The van der Waals surface area contributed by atoms with E-state index in [9.17, 15) is 9.59 Å². The van der Waals surface area contributed by atoms with E-state index in [-0.39, 0.29) is 0 Å². The van der Waals surface area contributed by atoms with Crippen molar-refractivity contribution >= 4 is 55.0 Å². The summed E-state index contributed by atoms with van der Waals surface area (Å²) in [6.45, 7) is 36.7. The Kier molecular flexibility index (Phi) is 26.7. The molecule has 7 aromatic rings. The van der Waals surface area contributed by atoms with E-state index in [2.05, 4.69) is 159 Å². The van der Waals surface area contributed by atoms with E-state index in [0.29, 0.717) is 24.0 Å². The molecule has 7 aromatic carbocycles. The quantitative estimate of drug-likeness (QED) is 0.0308. The lowest BCUT2D eigenvalue weighted by atomic mass is 9.71. The molecule has 0 bridgehead atoms. The van der Waals surface area contributed by atoms with Gasteiger partial charge in [-0.05, 0) is 294 Å². The van der Waals surface area contributed by atoms with Crippen LogP contribution in [0.5, 0.6) is 0 Å². The molecule has 0 spiro atoms. The molecule has 0 unspecified atom stereocenters. The summed E-state index contributed by atoms with van der Waals surface area (Å²) in [5.74, 6) is 13.2. The third-order valence-corrected chi connectivity index (χ3v) is 20.1. The predicted octanol–water partition coefficient (Wildman–Crippen LogP) is 22.0. The molecule has 0 saturated carbocycles. The van der Waals surface area contributed by atoms with E-state index < -0.39 is 11.9 Å². The summed E-state index contributed by atoms with van der Waals surface area (Å²) in [6.07, 6.45) is 27.8. The molecule has 0 heterocycles. The minimum atomic E-state index is -0.442. The smallest absolute Gasteiger partial charge is 0.339 e. The summed E-state index contributed by atoms with van der Waals surface area (Å²) in [7, 11) is 2.84. The van der Waals surface area contributed by atoms with Crippen LogP contribution in [0.3, 0.4) is 0 Å². The van der Waals surface area contributed by atoms with Crippen LogP contribution in [0.15, 0.2) is 24.3 Å². The molecule has 0 aromatic heterocycles. The first kappa shape index (κ1) is 71.1. The van der Waals surface area contributed by atoms with Gasteiger partial charge in [-0.3, -0.25) is 0 Å². The molecule has 0 fully saturated rings. The van der Waals surface area contributed by atoms with Crippen LogP contribution in [-0.2, 0) is 125 Å². The highest BCUT2D eigenvalue weighted by Crippen LogP contribution is 2.47. The zero-order chi connectivity index (χ0) is 65.3. The molecule has 0 atom stereocenters. The molecule has 0 aliphatic heterocycles. The number of hydrogen-bond donors (Lipinski definition) is 0. The molecule has 1 aliphatic carbocycles. The molecule has 0 amide bonds. The van der Waals surface area contributed by atoms with Crippen molar-refractivity contribution in [2.45, 2.75) is 291 Å². The van der Waals surface area contributed by atoms with Crippen LogP contribution in [0, 0.1) is 23.7 Å². The second-order valence-electron chi connectivity index (χ2n) is 25.4. The van der Waals surface area contributed by atoms with E-state index in [4.69, 9.17) is 9.47 Å². The Hall–Kier alpha value is -6.36. The summed E-state index contributed by atoms with van der Waals surface area (Å²) >= 11 is 0. The summed E-state index contributed by atoms with van der Waals surface area (Å²) in [6, 6.07) is 10.4. The number of esters is 2. The fraction of sp³-hybridized carbons (Fsp3) is 0.535. The van der Waals surface area contributed by atoms with Crippen molar-refractivity contribution in [3.63, 3.8) is 0 Å². The zero-order valence-corrected chi connectivity index (χ0v) is 59.7. The number of carbonyl (C=O) groups excluding carboxylic acids is 2. The number of hydrogen-bond acceptors (Lipinski definition) is 4. The van der Waals surface area contributed by atoms with E-state index in [1.807, 2.05) is 0 Å². The lowest BCUT2D eigenvalue weighted by Crippen LogP contribution is -2.25. The molecule has 8 rings (SSSR count). The largest absolute Gasteiger partial charge is 0.465 e. The number of unbranched alkanes of at least 4 members (excludes halogenated alkanes) is 2. The Morgan fingerprint density at radius 2 is 0.522 bits per heavy atom. The van der Waals surface area contributed by atoms with Gasteiger partial charge in [0, 0.05) is 25.7 Å². The number of methoxy groups -OCH3 is 2. The van der Waals surface area contributed by atoms with Crippen LogP contribution in [0.25, 0.3) is 43.1 Å². The van der Waals surface area contributed by atoms with Gasteiger partial charge >= 0.3 is 11.9 Å². The summed E-state index contributed by atoms with van der Waals surface area (Å²) in [5.41, 5.74) is 29.7. The standard InChI is InChI=1S/C46H60O4.C40H54/c1-11-19-31-37-23-35-29(17-7)27(15-5)28(16-6)30(18-8)36(35)24-38(37)32(20-12-2)40-26-42-34(22-14-4)44(46(48)50-10)43(45(47)49-9)33(21-13-3)41(42)25-39(31)40;1-9-17-19-21-25-35-33(23-11-3)39-27-37-31(15-7)29(13-5)30(14-6)32(16-8)38(37)28-40(39)34(24-12-4)36(35)26-22-20-18-10-2/h23-24H,11-22,25-26H2,1-10H3;27-28H,9-18,23-26H2,1-8H3. The second kappa shape index (κ2) is 33.8. The van der Waals surface area contributed by atoms with Gasteiger partial charge in [0.1, 0.15) is 0 Å². The van der Waals surface area contributed by atoms with Crippen molar-refractivity contribution in [2.75, 3.05) is 14.2 Å². The number of aryl methyl sites for hydroxylation is 8. The summed E-state index contributed by atoms with van der Waals surface area (Å²) in [5, 5.41) is 11.7. The Balaban J connectivity index is 0.000000263. The molecular formula is C86H114O4. The summed E-state index contributed by atoms with van der Waals surface area (Å²) < 4.78 is 10.8. The Morgan fingerprint density at radius 3 is 0.767 bits per heavy atom. The normalized spacial score (nSPS) is 11.8. The minimum Gasteiger partial charge on any atom is -0.465 e. The van der Waals surface area contributed by atoms with Gasteiger partial charge in [0.2, 0.25) is 0 Å². The van der Waals surface area contributed by atoms with Gasteiger partial charge in [0.05, 0.1) is 25.3 Å². The van der Waals surface area contributed by atoms with Crippen molar-refractivity contribution in [3.05, 3.63) is 147 Å². The van der Waals surface area contributed by atoms with Crippen molar-refractivity contribution in [1.82, 2.24) is 0 Å². The van der Waals surface area contributed by atoms with Gasteiger partial charge in [-0.2, -0.15) is 0 Å². The molecule has 482 valence electrons. The van der Waals surface area contributed by atoms with Crippen LogP contribution < -0.4 is 0 Å². The maximum atomic E-state index is 13.6. The van der Waals surface area contributed by atoms with Crippen LogP contribution in [0.1, 0.15) is 307 Å². The topological polar surface area (TPSA) is 52.6 Å². The molecule has 4 nitrogen and oxygen atoms in total. The van der Waals surface area contributed by atoms with Crippen molar-refractivity contribution in [3.8, 4) is 23.7 Å². The highest BCUT2D eigenvalue weighted by Gasteiger charge is 2.35. The fourth-order valence-electron chi connectivity index (χ4n) is 16.5. The lowest BCUT2D eigenvalue weighted by molar-refractivity contribution is 0.0552. The number of rotatable bonds is 26. The van der Waals surface area contributed by atoms with Gasteiger partial charge in [-0.15, -0.1) is 11.8 Å². The van der Waals surface area contributed by atoms with E-state index in [1.54, 1.807) is 33.4 Å². The van der Waals surface area contributed by atoms with Gasteiger partial charge < -0.3 is 9.47 Å². The first-order valence-corrected chi connectivity index (χ1v) is 36.2. The third-order valence-electron chi connectivity index (χ3n) is 20.1.